The number of hydrogen-bond donors (Lipinski definition) is 0. The van der Waals surface area contributed by atoms with Crippen molar-refractivity contribution in [3.63, 3.8) is 0 Å². The predicted octanol–water partition coefficient (Wildman–Crippen LogP) is 3.17. The van der Waals surface area contributed by atoms with E-state index in [2.05, 4.69) is 27.9 Å². The van der Waals surface area contributed by atoms with E-state index in [1.165, 1.54) is 11.1 Å². The van der Waals surface area contributed by atoms with E-state index >= 15 is 0 Å². The van der Waals surface area contributed by atoms with Crippen LogP contribution in [0.4, 0.5) is 0 Å². The smallest absolute Gasteiger partial charge is 0.234 e. The molecule has 0 fully saturated rings. The van der Waals surface area contributed by atoms with Crippen molar-refractivity contribution in [1.82, 2.24) is 4.90 Å². The van der Waals surface area contributed by atoms with Crippen molar-refractivity contribution >= 4 is 6.34 Å². The van der Waals surface area contributed by atoms with Crippen molar-refractivity contribution in [1.29, 1.82) is 0 Å². The fourth-order valence-electron chi connectivity index (χ4n) is 3.49. The lowest BCUT2D eigenvalue weighted by molar-refractivity contribution is -0.549. The lowest BCUT2D eigenvalue weighted by atomic mass is 10.1. The standard InChI is InChI=1S/C22H29N2O4/c1-25-19-8-6-17(12-21(19)27-3)14-23-10-5-11-24(16-23)15-18-7-9-20(26-2)22(13-18)28-4/h6-9,12-13,16H,5,10-11,14-15H2,1-4H3/q+1. The van der Waals surface area contributed by atoms with Crippen LogP contribution in [0.2, 0.25) is 0 Å². The van der Waals surface area contributed by atoms with Gasteiger partial charge >= 0.3 is 0 Å². The molecule has 3 rings (SSSR count). The van der Waals surface area contributed by atoms with E-state index in [0.29, 0.717) is 0 Å². The van der Waals surface area contributed by atoms with E-state index in [1.807, 2.05) is 24.3 Å². The lowest BCUT2D eigenvalue weighted by Crippen LogP contribution is -2.35. The molecule has 1 heterocycles. The molecule has 0 saturated carbocycles. The molecule has 2 aromatic carbocycles. The number of rotatable bonds is 8. The molecule has 0 bridgehead atoms. The highest BCUT2D eigenvalue weighted by molar-refractivity contribution is 5.51. The van der Waals surface area contributed by atoms with Gasteiger partial charge < -0.3 is 18.9 Å². The molecule has 1 aliphatic heterocycles. The van der Waals surface area contributed by atoms with E-state index in [9.17, 15) is 0 Å². The Balaban J connectivity index is 1.71. The summed E-state index contributed by atoms with van der Waals surface area (Å²) in [5, 5.41) is 0. The van der Waals surface area contributed by atoms with E-state index in [4.69, 9.17) is 18.9 Å². The van der Waals surface area contributed by atoms with Crippen molar-refractivity contribution in [2.75, 3.05) is 41.5 Å². The summed E-state index contributed by atoms with van der Waals surface area (Å²) in [6.07, 6.45) is 3.34. The van der Waals surface area contributed by atoms with Gasteiger partial charge in [-0.1, -0.05) is 12.1 Å². The van der Waals surface area contributed by atoms with Crippen LogP contribution in [0.5, 0.6) is 23.0 Å². The van der Waals surface area contributed by atoms with Crippen LogP contribution >= 0.6 is 0 Å². The van der Waals surface area contributed by atoms with Crippen LogP contribution in [0.3, 0.4) is 0 Å². The molecular formula is C22H29N2O4+. The quantitative estimate of drug-likeness (QED) is 0.653. The minimum absolute atomic E-state index is 0.754. The van der Waals surface area contributed by atoms with Crippen molar-refractivity contribution < 1.29 is 23.5 Å². The highest BCUT2D eigenvalue weighted by Gasteiger charge is 2.18. The van der Waals surface area contributed by atoms with Gasteiger partial charge in [-0.25, -0.2) is 0 Å². The molecule has 28 heavy (non-hydrogen) atoms. The Morgan fingerprint density at radius 2 is 1.36 bits per heavy atom. The second kappa shape index (κ2) is 9.35. The molecule has 0 atom stereocenters. The van der Waals surface area contributed by atoms with Gasteiger partial charge in [0.2, 0.25) is 6.34 Å². The van der Waals surface area contributed by atoms with E-state index in [0.717, 1.165) is 55.6 Å². The second-order valence-corrected chi connectivity index (χ2v) is 6.79. The van der Waals surface area contributed by atoms with Gasteiger partial charge in [-0.05, 0) is 35.4 Å². The molecule has 0 unspecified atom stereocenters. The zero-order valence-electron chi connectivity index (χ0n) is 17.1. The third-order valence-corrected chi connectivity index (χ3v) is 4.88. The first-order valence-corrected chi connectivity index (χ1v) is 9.41. The predicted molar refractivity (Wildman–Crippen MR) is 109 cm³/mol. The SMILES string of the molecule is COc1ccc(CN2C=[N+](Cc3ccc(OC)c(OC)c3)CCC2)cc1OC. The third-order valence-electron chi connectivity index (χ3n) is 4.88. The van der Waals surface area contributed by atoms with Gasteiger partial charge in [-0.3, -0.25) is 9.48 Å². The molecule has 0 radical (unpaired) electrons. The van der Waals surface area contributed by atoms with Gasteiger partial charge in [-0.15, -0.1) is 0 Å². The average Bonchev–Trinajstić information content (AvgIpc) is 2.73. The summed E-state index contributed by atoms with van der Waals surface area (Å²) in [5.41, 5.74) is 2.39. The number of ether oxygens (including phenoxy) is 4. The molecule has 0 amide bonds. The molecule has 0 aromatic heterocycles. The number of methoxy groups -OCH3 is 4. The fourth-order valence-corrected chi connectivity index (χ4v) is 3.49. The fraction of sp³-hybridized carbons (Fsp3) is 0.409. The minimum atomic E-state index is 0.754. The second-order valence-electron chi connectivity index (χ2n) is 6.79. The van der Waals surface area contributed by atoms with Crippen LogP contribution in [0.15, 0.2) is 36.4 Å². The summed E-state index contributed by atoms with van der Waals surface area (Å²) in [5.74, 6) is 3.03. The van der Waals surface area contributed by atoms with Crippen LogP contribution in [-0.2, 0) is 13.1 Å². The van der Waals surface area contributed by atoms with Crippen LogP contribution < -0.4 is 18.9 Å². The van der Waals surface area contributed by atoms with Crippen LogP contribution in [-0.4, -0.2) is 57.3 Å². The van der Waals surface area contributed by atoms with Gasteiger partial charge in [0.1, 0.15) is 13.1 Å². The molecule has 0 aliphatic carbocycles. The average molecular weight is 385 g/mol. The first-order chi connectivity index (χ1) is 13.7. The molecular weight excluding hydrogens is 356 g/mol. The Morgan fingerprint density at radius 3 is 1.96 bits per heavy atom. The van der Waals surface area contributed by atoms with E-state index in [1.54, 1.807) is 28.4 Å². The normalized spacial score (nSPS) is 13.7. The van der Waals surface area contributed by atoms with Gasteiger partial charge in [0, 0.05) is 6.42 Å². The Bertz CT molecular complexity index is 835. The Labute approximate surface area is 166 Å². The highest BCUT2D eigenvalue weighted by atomic mass is 16.5. The summed E-state index contributed by atoms with van der Waals surface area (Å²) in [7, 11) is 6.64. The van der Waals surface area contributed by atoms with E-state index < -0.39 is 0 Å². The number of hydrogen-bond acceptors (Lipinski definition) is 5. The molecule has 2 aromatic rings. The summed E-state index contributed by atoms with van der Waals surface area (Å²) >= 11 is 0. The van der Waals surface area contributed by atoms with Crippen molar-refractivity contribution in [3.05, 3.63) is 47.5 Å². The van der Waals surface area contributed by atoms with Gasteiger partial charge in [-0.2, -0.15) is 0 Å². The Kier molecular flexibility index (Phi) is 6.63. The molecule has 0 saturated heterocycles. The molecule has 150 valence electrons. The molecule has 0 spiro atoms. The maximum Gasteiger partial charge on any atom is 0.234 e. The molecule has 6 heteroatoms. The molecule has 1 aliphatic rings. The summed E-state index contributed by atoms with van der Waals surface area (Å²) < 4.78 is 23.8. The van der Waals surface area contributed by atoms with Crippen LogP contribution in [0, 0.1) is 0 Å². The maximum atomic E-state index is 5.42. The summed E-state index contributed by atoms with van der Waals surface area (Å²) in [6.45, 7) is 3.75. The number of benzene rings is 2. The van der Waals surface area contributed by atoms with Crippen LogP contribution in [0.25, 0.3) is 0 Å². The summed E-state index contributed by atoms with van der Waals surface area (Å²) in [4.78, 5) is 2.34. The summed E-state index contributed by atoms with van der Waals surface area (Å²) in [6, 6.07) is 12.2. The first kappa shape index (κ1) is 19.9. The molecule has 0 N–H and O–H groups in total. The van der Waals surface area contributed by atoms with Crippen molar-refractivity contribution in [2.45, 2.75) is 19.5 Å². The highest BCUT2D eigenvalue weighted by Crippen LogP contribution is 2.29. The van der Waals surface area contributed by atoms with E-state index in [-0.39, 0.29) is 0 Å². The van der Waals surface area contributed by atoms with Crippen molar-refractivity contribution in [3.8, 4) is 23.0 Å². The van der Waals surface area contributed by atoms with Gasteiger partial charge in [0.25, 0.3) is 0 Å². The zero-order chi connectivity index (χ0) is 19.9. The number of nitrogens with zero attached hydrogens (tertiary/aromatic N) is 2. The molecule has 6 nitrogen and oxygen atoms in total. The lowest BCUT2D eigenvalue weighted by Gasteiger charge is -2.21. The zero-order valence-corrected chi connectivity index (χ0v) is 17.1. The third kappa shape index (κ3) is 4.68. The maximum absolute atomic E-state index is 5.42. The minimum Gasteiger partial charge on any atom is -0.493 e. The van der Waals surface area contributed by atoms with Gasteiger partial charge in [0.15, 0.2) is 23.0 Å². The largest absolute Gasteiger partial charge is 0.493 e. The Hall–Kier alpha value is -2.89. The van der Waals surface area contributed by atoms with Crippen molar-refractivity contribution in [2.24, 2.45) is 0 Å². The monoisotopic (exact) mass is 385 g/mol. The Morgan fingerprint density at radius 1 is 0.786 bits per heavy atom. The van der Waals surface area contributed by atoms with Crippen LogP contribution in [0.1, 0.15) is 17.5 Å². The first-order valence-electron chi connectivity index (χ1n) is 9.41. The topological polar surface area (TPSA) is 43.2 Å². The van der Waals surface area contributed by atoms with Gasteiger partial charge in [0.05, 0.1) is 41.5 Å².